The van der Waals surface area contributed by atoms with Crippen molar-refractivity contribution < 1.29 is 9.53 Å². The van der Waals surface area contributed by atoms with Gasteiger partial charge in [0, 0.05) is 13.0 Å². The van der Waals surface area contributed by atoms with Crippen molar-refractivity contribution in [3.63, 3.8) is 0 Å². The fourth-order valence-corrected chi connectivity index (χ4v) is 1.17. The highest BCUT2D eigenvalue weighted by molar-refractivity contribution is 5.70. The zero-order valence-corrected chi connectivity index (χ0v) is 9.11. The highest BCUT2D eigenvalue weighted by Crippen LogP contribution is 2.07. The van der Waals surface area contributed by atoms with Crippen molar-refractivity contribution >= 4 is 6.09 Å². The zero-order valence-electron chi connectivity index (χ0n) is 9.11. The molecule has 1 amide bonds. The highest BCUT2D eigenvalue weighted by atomic mass is 16.5. The highest BCUT2D eigenvalue weighted by Gasteiger charge is 2.01. The van der Waals surface area contributed by atoms with Gasteiger partial charge in [0.2, 0.25) is 0 Å². The van der Waals surface area contributed by atoms with Crippen molar-refractivity contribution in [1.82, 2.24) is 5.32 Å². The molecular formula is C13H15NO2. The monoisotopic (exact) mass is 217 g/mol. The molecule has 0 radical (unpaired) electrons. The predicted molar refractivity (Wildman–Crippen MR) is 63.2 cm³/mol. The van der Waals surface area contributed by atoms with E-state index in [9.17, 15) is 4.79 Å². The molecule has 0 saturated carbocycles. The summed E-state index contributed by atoms with van der Waals surface area (Å²) in [6.07, 6.45) is 7.22. The molecule has 0 aliphatic rings. The Morgan fingerprint density at radius 1 is 1.31 bits per heavy atom. The topological polar surface area (TPSA) is 38.3 Å². The van der Waals surface area contributed by atoms with Crippen LogP contribution in [0.15, 0.2) is 30.3 Å². The second kappa shape index (κ2) is 7.36. The first-order chi connectivity index (χ1) is 7.83. The molecule has 3 nitrogen and oxygen atoms in total. The molecule has 0 fully saturated rings. The summed E-state index contributed by atoms with van der Waals surface area (Å²) >= 11 is 0. The van der Waals surface area contributed by atoms with E-state index in [1.807, 2.05) is 18.2 Å². The van der Waals surface area contributed by atoms with E-state index in [1.165, 1.54) is 0 Å². The van der Waals surface area contributed by atoms with Gasteiger partial charge < -0.3 is 10.1 Å². The maximum absolute atomic E-state index is 11.3. The lowest BCUT2D eigenvalue weighted by atomic mass is 10.2. The van der Waals surface area contributed by atoms with Crippen LogP contribution in [0.2, 0.25) is 0 Å². The second-order valence-corrected chi connectivity index (χ2v) is 3.29. The van der Waals surface area contributed by atoms with Crippen molar-refractivity contribution in [2.45, 2.75) is 19.3 Å². The zero-order chi connectivity index (χ0) is 11.6. The standard InChI is InChI=1S/C13H15NO2/c1-2-3-4-8-11-14-13(15)16-12-9-6-5-7-10-12/h1,5-7,9-10H,3-4,8,11H2,(H,14,15). The van der Waals surface area contributed by atoms with Crippen LogP contribution in [0.3, 0.4) is 0 Å². The van der Waals surface area contributed by atoms with Crippen LogP contribution in [-0.2, 0) is 0 Å². The minimum Gasteiger partial charge on any atom is -0.410 e. The van der Waals surface area contributed by atoms with Gasteiger partial charge in [-0.2, -0.15) is 0 Å². The summed E-state index contributed by atoms with van der Waals surface area (Å²) in [5.41, 5.74) is 0. The summed E-state index contributed by atoms with van der Waals surface area (Å²) in [6, 6.07) is 8.96. The van der Waals surface area contributed by atoms with Crippen molar-refractivity contribution in [3.05, 3.63) is 30.3 Å². The molecule has 0 heterocycles. The van der Waals surface area contributed by atoms with Gasteiger partial charge in [-0.05, 0) is 25.0 Å². The van der Waals surface area contributed by atoms with Crippen LogP contribution in [0.1, 0.15) is 19.3 Å². The van der Waals surface area contributed by atoms with Gasteiger partial charge in [-0.1, -0.05) is 18.2 Å². The van der Waals surface area contributed by atoms with E-state index in [0.29, 0.717) is 12.3 Å². The Morgan fingerprint density at radius 3 is 2.75 bits per heavy atom. The molecule has 0 atom stereocenters. The molecule has 1 aromatic rings. The van der Waals surface area contributed by atoms with Gasteiger partial charge in [0.05, 0.1) is 0 Å². The Kier molecular flexibility index (Phi) is 5.57. The summed E-state index contributed by atoms with van der Waals surface area (Å²) in [5.74, 6) is 3.10. The minimum atomic E-state index is -0.424. The number of unbranched alkanes of at least 4 members (excludes halogenated alkanes) is 2. The number of amides is 1. The molecule has 0 aromatic heterocycles. The first kappa shape index (κ1) is 12.1. The second-order valence-electron chi connectivity index (χ2n) is 3.29. The normalized spacial score (nSPS) is 9.19. The molecule has 3 heteroatoms. The molecule has 0 aliphatic heterocycles. The van der Waals surface area contributed by atoms with E-state index < -0.39 is 6.09 Å². The number of hydrogen-bond acceptors (Lipinski definition) is 2. The first-order valence-corrected chi connectivity index (χ1v) is 5.27. The van der Waals surface area contributed by atoms with E-state index in [1.54, 1.807) is 12.1 Å². The maximum atomic E-state index is 11.3. The molecule has 0 saturated heterocycles. The largest absolute Gasteiger partial charge is 0.412 e. The van der Waals surface area contributed by atoms with Gasteiger partial charge in [-0.3, -0.25) is 0 Å². The quantitative estimate of drug-likeness (QED) is 0.608. The summed E-state index contributed by atoms with van der Waals surface area (Å²) < 4.78 is 5.03. The van der Waals surface area contributed by atoms with Gasteiger partial charge >= 0.3 is 6.09 Å². The number of ether oxygens (including phenoxy) is 1. The van der Waals surface area contributed by atoms with Crippen LogP contribution in [0.5, 0.6) is 5.75 Å². The SMILES string of the molecule is C#CCCCCNC(=O)Oc1ccccc1. The molecule has 0 spiro atoms. The smallest absolute Gasteiger partial charge is 0.410 e. The lowest BCUT2D eigenvalue weighted by Gasteiger charge is -2.05. The van der Waals surface area contributed by atoms with E-state index in [0.717, 1.165) is 19.3 Å². The van der Waals surface area contributed by atoms with Crippen molar-refractivity contribution in [2.24, 2.45) is 0 Å². The van der Waals surface area contributed by atoms with Crippen molar-refractivity contribution in [1.29, 1.82) is 0 Å². The maximum Gasteiger partial charge on any atom is 0.412 e. The van der Waals surface area contributed by atoms with E-state index >= 15 is 0 Å². The summed E-state index contributed by atoms with van der Waals surface area (Å²) in [4.78, 5) is 11.3. The van der Waals surface area contributed by atoms with Crippen LogP contribution in [0, 0.1) is 12.3 Å². The minimum absolute atomic E-state index is 0.424. The van der Waals surface area contributed by atoms with Gasteiger partial charge in [0.25, 0.3) is 0 Å². The van der Waals surface area contributed by atoms with Crippen LogP contribution in [0.4, 0.5) is 4.79 Å². The Hall–Kier alpha value is -1.95. The van der Waals surface area contributed by atoms with Gasteiger partial charge in [-0.25, -0.2) is 4.79 Å². The molecular weight excluding hydrogens is 202 g/mol. The summed E-state index contributed by atoms with van der Waals surface area (Å²) in [5, 5.41) is 2.66. The predicted octanol–water partition coefficient (Wildman–Crippen LogP) is 2.58. The molecule has 0 aliphatic carbocycles. The molecule has 1 N–H and O–H groups in total. The Balaban J connectivity index is 2.15. The third-order valence-corrected chi connectivity index (χ3v) is 1.97. The Bertz CT molecular complexity index is 354. The lowest BCUT2D eigenvalue weighted by molar-refractivity contribution is 0.200. The van der Waals surface area contributed by atoms with Crippen LogP contribution in [0.25, 0.3) is 0 Å². The first-order valence-electron chi connectivity index (χ1n) is 5.27. The Morgan fingerprint density at radius 2 is 2.06 bits per heavy atom. The molecule has 16 heavy (non-hydrogen) atoms. The van der Waals surface area contributed by atoms with Crippen molar-refractivity contribution in [2.75, 3.05) is 6.54 Å². The average Bonchev–Trinajstić information content (AvgIpc) is 2.30. The number of nitrogens with one attached hydrogen (secondary N) is 1. The van der Waals surface area contributed by atoms with Crippen LogP contribution in [-0.4, -0.2) is 12.6 Å². The third-order valence-electron chi connectivity index (χ3n) is 1.97. The number of carbonyl (C=O) groups excluding carboxylic acids is 1. The molecule has 0 unspecified atom stereocenters. The summed E-state index contributed by atoms with van der Waals surface area (Å²) in [7, 11) is 0. The molecule has 84 valence electrons. The molecule has 1 aromatic carbocycles. The van der Waals surface area contributed by atoms with Gasteiger partial charge in [0.15, 0.2) is 0 Å². The van der Waals surface area contributed by atoms with Crippen LogP contribution >= 0.6 is 0 Å². The number of carbonyl (C=O) groups is 1. The lowest BCUT2D eigenvalue weighted by Crippen LogP contribution is -2.27. The number of benzene rings is 1. The fraction of sp³-hybridized carbons (Fsp3) is 0.308. The number of para-hydroxylation sites is 1. The average molecular weight is 217 g/mol. The number of terminal acetylenes is 1. The summed E-state index contributed by atoms with van der Waals surface area (Å²) in [6.45, 7) is 0.591. The van der Waals surface area contributed by atoms with E-state index in [4.69, 9.17) is 11.2 Å². The number of hydrogen-bond donors (Lipinski definition) is 1. The third kappa shape index (κ3) is 5.06. The molecule has 0 bridgehead atoms. The number of rotatable bonds is 5. The fourth-order valence-electron chi connectivity index (χ4n) is 1.17. The van der Waals surface area contributed by atoms with E-state index in [2.05, 4.69) is 11.2 Å². The van der Waals surface area contributed by atoms with E-state index in [-0.39, 0.29) is 0 Å². The van der Waals surface area contributed by atoms with Gasteiger partial charge in [0.1, 0.15) is 5.75 Å². The van der Waals surface area contributed by atoms with Crippen molar-refractivity contribution in [3.8, 4) is 18.1 Å². The Labute approximate surface area is 95.8 Å². The van der Waals surface area contributed by atoms with Crippen LogP contribution < -0.4 is 10.1 Å². The van der Waals surface area contributed by atoms with Gasteiger partial charge in [-0.15, -0.1) is 12.3 Å². The molecule has 1 rings (SSSR count).